The zero-order valence-corrected chi connectivity index (χ0v) is 17.3. The zero-order chi connectivity index (χ0) is 21.0. The lowest BCUT2D eigenvalue weighted by molar-refractivity contribution is 0.0940. The average molecular weight is 416 g/mol. The quantitative estimate of drug-likeness (QED) is 0.617. The Labute approximate surface area is 171 Å². The number of amides is 2. The van der Waals surface area contributed by atoms with Gasteiger partial charge in [0.05, 0.1) is 16.1 Å². The second-order valence-corrected chi connectivity index (χ2v) is 8.92. The van der Waals surface area contributed by atoms with Crippen molar-refractivity contribution in [1.29, 1.82) is 0 Å². The molecule has 0 aliphatic heterocycles. The van der Waals surface area contributed by atoms with Crippen molar-refractivity contribution in [2.45, 2.75) is 50.1 Å². The summed E-state index contributed by atoms with van der Waals surface area (Å²) >= 11 is 0. The molecule has 0 aromatic heterocycles. The van der Waals surface area contributed by atoms with Crippen LogP contribution in [0.2, 0.25) is 0 Å². The predicted molar refractivity (Wildman–Crippen MR) is 111 cm³/mol. The second-order valence-electron chi connectivity index (χ2n) is 7.21. The number of benzene rings is 2. The fraction of sp³-hybridized carbons (Fsp3) is 0.333. The van der Waals surface area contributed by atoms with E-state index in [1.165, 1.54) is 24.3 Å². The lowest BCUT2D eigenvalue weighted by Gasteiger charge is -2.15. The summed E-state index contributed by atoms with van der Waals surface area (Å²) in [5.41, 5.74) is 0.906. The summed E-state index contributed by atoms with van der Waals surface area (Å²) in [6.45, 7) is 3.87. The van der Waals surface area contributed by atoms with Crippen molar-refractivity contribution in [2.24, 2.45) is 0 Å². The molecule has 8 heteroatoms. The molecule has 1 saturated carbocycles. The topological polar surface area (TPSA) is 104 Å². The highest BCUT2D eigenvalue weighted by Crippen LogP contribution is 2.23. The van der Waals surface area contributed by atoms with Gasteiger partial charge in [-0.1, -0.05) is 25.1 Å². The summed E-state index contributed by atoms with van der Waals surface area (Å²) in [6, 6.07) is 12.5. The molecule has 2 amide bonds. The lowest BCUT2D eigenvalue weighted by Crippen LogP contribution is -2.32. The van der Waals surface area contributed by atoms with Crippen molar-refractivity contribution in [3.05, 3.63) is 59.7 Å². The SMILES string of the molecule is CCC(C)NC(=O)c1ccccc1NC(=O)c1cccc(S(=O)(=O)NC2CC2)c1. The minimum atomic E-state index is -3.66. The molecule has 1 unspecified atom stereocenters. The van der Waals surface area contributed by atoms with E-state index in [0.717, 1.165) is 19.3 Å². The van der Waals surface area contributed by atoms with Gasteiger partial charge in [-0.3, -0.25) is 9.59 Å². The van der Waals surface area contributed by atoms with Crippen LogP contribution < -0.4 is 15.4 Å². The van der Waals surface area contributed by atoms with E-state index in [1.54, 1.807) is 24.3 Å². The summed E-state index contributed by atoms with van der Waals surface area (Å²) in [7, 11) is -3.66. The first-order valence-corrected chi connectivity index (χ1v) is 11.1. The Morgan fingerprint density at radius 1 is 1.07 bits per heavy atom. The highest BCUT2D eigenvalue weighted by atomic mass is 32.2. The number of carbonyl (C=O) groups excluding carboxylic acids is 2. The number of carbonyl (C=O) groups is 2. The first kappa shape index (κ1) is 21.0. The molecule has 1 aliphatic carbocycles. The molecule has 154 valence electrons. The van der Waals surface area contributed by atoms with Crippen LogP contribution in [-0.2, 0) is 10.0 Å². The van der Waals surface area contributed by atoms with Crippen molar-refractivity contribution in [1.82, 2.24) is 10.0 Å². The molecule has 3 rings (SSSR count). The highest BCUT2D eigenvalue weighted by molar-refractivity contribution is 7.89. The van der Waals surface area contributed by atoms with Gasteiger partial charge < -0.3 is 10.6 Å². The summed E-state index contributed by atoms with van der Waals surface area (Å²) < 4.78 is 27.4. The van der Waals surface area contributed by atoms with Crippen LogP contribution in [0.4, 0.5) is 5.69 Å². The summed E-state index contributed by atoms with van der Waals surface area (Å²) in [5, 5.41) is 5.59. The third-order valence-electron chi connectivity index (χ3n) is 4.72. The largest absolute Gasteiger partial charge is 0.350 e. The van der Waals surface area contributed by atoms with Crippen molar-refractivity contribution >= 4 is 27.5 Å². The Bertz CT molecular complexity index is 1020. The lowest BCUT2D eigenvalue weighted by atomic mass is 10.1. The minimum absolute atomic E-state index is 0.00659. The average Bonchev–Trinajstić information content (AvgIpc) is 3.51. The Balaban J connectivity index is 1.79. The number of nitrogens with one attached hydrogen (secondary N) is 3. The molecule has 0 bridgehead atoms. The highest BCUT2D eigenvalue weighted by Gasteiger charge is 2.28. The minimum Gasteiger partial charge on any atom is -0.350 e. The van der Waals surface area contributed by atoms with E-state index >= 15 is 0 Å². The maximum atomic E-state index is 12.7. The van der Waals surface area contributed by atoms with E-state index in [4.69, 9.17) is 0 Å². The molecular weight excluding hydrogens is 390 g/mol. The zero-order valence-electron chi connectivity index (χ0n) is 16.4. The predicted octanol–water partition coefficient (Wildman–Crippen LogP) is 2.91. The van der Waals surface area contributed by atoms with Gasteiger partial charge in [0.1, 0.15) is 0 Å². The van der Waals surface area contributed by atoms with Gasteiger partial charge in [-0.15, -0.1) is 0 Å². The Morgan fingerprint density at radius 3 is 2.48 bits per heavy atom. The third-order valence-corrected chi connectivity index (χ3v) is 6.23. The number of rotatable bonds is 8. The van der Waals surface area contributed by atoms with E-state index in [1.807, 2.05) is 13.8 Å². The van der Waals surface area contributed by atoms with Crippen LogP contribution in [0.15, 0.2) is 53.4 Å². The van der Waals surface area contributed by atoms with E-state index in [0.29, 0.717) is 11.3 Å². The Hall–Kier alpha value is -2.71. The maximum Gasteiger partial charge on any atom is 0.255 e. The fourth-order valence-corrected chi connectivity index (χ4v) is 4.03. The molecule has 1 aliphatic rings. The van der Waals surface area contributed by atoms with Gasteiger partial charge in [-0.05, 0) is 56.5 Å². The van der Waals surface area contributed by atoms with E-state index in [-0.39, 0.29) is 28.4 Å². The van der Waals surface area contributed by atoms with Gasteiger partial charge in [0.15, 0.2) is 0 Å². The Morgan fingerprint density at radius 2 is 1.79 bits per heavy atom. The first-order valence-electron chi connectivity index (χ1n) is 9.64. The van der Waals surface area contributed by atoms with E-state index < -0.39 is 15.9 Å². The van der Waals surface area contributed by atoms with Crippen LogP contribution in [0.5, 0.6) is 0 Å². The van der Waals surface area contributed by atoms with Crippen molar-refractivity contribution in [2.75, 3.05) is 5.32 Å². The van der Waals surface area contributed by atoms with Crippen LogP contribution in [0, 0.1) is 0 Å². The molecule has 0 radical (unpaired) electrons. The van der Waals surface area contributed by atoms with Crippen LogP contribution >= 0.6 is 0 Å². The third kappa shape index (κ3) is 5.42. The van der Waals surface area contributed by atoms with Crippen LogP contribution in [0.25, 0.3) is 0 Å². The summed E-state index contributed by atoms with van der Waals surface area (Å²) in [4.78, 5) is 25.3. The van der Waals surface area contributed by atoms with Crippen LogP contribution in [0.3, 0.4) is 0 Å². The molecule has 0 saturated heterocycles. The van der Waals surface area contributed by atoms with E-state index in [2.05, 4.69) is 15.4 Å². The fourth-order valence-electron chi connectivity index (χ4n) is 2.68. The molecule has 0 heterocycles. The first-order chi connectivity index (χ1) is 13.8. The number of hydrogen-bond donors (Lipinski definition) is 3. The van der Waals surface area contributed by atoms with Crippen LogP contribution in [-0.4, -0.2) is 32.3 Å². The van der Waals surface area contributed by atoms with Gasteiger partial charge in [-0.2, -0.15) is 0 Å². The number of anilines is 1. The molecule has 3 N–H and O–H groups in total. The molecule has 0 spiro atoms. The number of para-hydroxylation sites is 1. The summed E-state index contributed by atoms with van der Waals surface area (Å²) in [6.07, 6.45) is 2.44. The molecule has 29 heavy (non-hydrogen) atoms. The van der Waals surface area contributed by atoms with Gasteiger partial charge in [0.2, 0.25) is 10.0 Å². The number of sulfonamides is 1. The molecule has 2 aromatic carbocycles. The van der Waals surface area contributed by atoms with Crippen molar-refractivity contribution in [3.63, 3.8) is 0 Å². The van der Waals surface area contributed by atoms with Gasteiger partial charge in [0.25, 0.3) is 11.8 Å². The summed E-state index contributed by atoms with van der Waals surface area (Å²) in [5.74, 6) is -0.766. The van der Waals surface area contributed by atoms with Gasteiger partial charge in [-0.25, -0.2) is 13.1 Å². The molecule has 7 nitrogen and oxygen atoms in total. The van der Waals surface area contributed by atoms with Crippen molar-refractivity contribution in [3.8, 4) is 0 Å². The van der Waals surface area contributed by atoms with Gasteiger partial charge >= 0.3 is 0 Å². The smallest absolute Gasteiger partial charge is 0.255 e. The molecule has 1 atom stereocenters. The standard InChI is InChI=1S/C21H25N3O4S/c1-3-14(2)22-21(26)18-9-4-5-10-19(18)23-20(25)15-7-6-8-17(13-15)29(27,28)24-16-11-12-16/h4-10,13-14,16,24H,3,11-12H2,1-2H3,(H,22,26)(H,23,25). The maximum absolute atomic E-state index is 12.7. The normalized spacial score (nSPS) is 14.8. The van der Waals surface area contributed by atoms with Crippen LogP contribution in [0.1, 0.15) is 53.8 Å². The van der Waals surface area contributed by atoms with E-state index in [9.17, 15) is 18.0 Å². The monoisotopic (exact) mass is 415 g/mol. The molecule has 2 aromatic rings. The molecule has 1 fully saturated rings. The second kappa shape index (κ2) is 8.75. The Kier molecular flexibility index (Phi) is 6.34. The number of hydrogen-bond acceptors (Lipinski definition) is 4. The van der Waals surface area contributed by atoms with Gasteiger partial charge in [0, 0.05) is 17.6 Å². The molecular formula is C21H25N3O4S. The van der Waals surface area contributed by atoms with Crippen molar-refractivity contribution < 1.29 is 18.0 Å².